The Labute approximate surface area is 91.6 Å². The maximum Gasteiger partial charge on any atom is 0.339 e. The van der Waals surface area contributed by atoms with E-state index in [4.69, 9.17) is 4.74 Å². The van der Waals surface area contributed by atoms with Gasteiger partial charge in [0.1, 0.15) is 0 Å². The summed E-state index contributed by atoms with van der Waals surface area (Å²) in [6.45, 7) is 0.472. The molecule has 1 aromatic rings. The molecule has 0 aliphatic rings. The molecule has 0 aliphatic heterocycles. The largest absolute Gasteiger partial charge is 0.462 e. The maximum atomic E-state index is 11.3. The predicted molar refractivity (Wildman–Crippen MR) is 57.5 cm³/mol. The van der Waals surface area contributed by atoms with Crippen molar-refractivity contribution in [2.45, 2.75) is 12.8 Å². The number of hydrogen-bond donors (Lipinski definition) is 0. The molecule has 0 atom stereocenters. The number of unbranched alkanes of at least 4 members (excludes halogenated alkanes) is 1. The van der Waals surface area contributed by atoms with E-state index >= 15 is 0 Å². The minimum absolute atomic E-state index is 0.298. The smallest absolute Gasteiger partial charge is 0.339 e. The van der Waals surface area contributed by atoms with Gasteiger partial charge >= 0.3 is 5.97 Å². The van der Waals surface area contributed by atoms with Crippen molar-refractivity contribution >= 4 is 21.9 Å². The highest BCUT2D eigenvalue weighted by atomic mass is 79.9. The quantitative estimate of drug-likeness (QED) is 0.462. The molecule has 1 rings (SSSR count). The first-order valence-corrected chi connectivity index (χ1v) is 5.60. The number of halogens is 1. The summed E-state index contributed by atoms with van der Waals surface area (Å²) >= 11 is 3.31. The Morgan fingerprint density at radius 3 is 3.00 bits per heavy atom. The summed E-state index contributed by atoms with van der Waals surface area (Å²) in [5.41, 5.74) is 0.506. The number of aromatic nitrogens is 1. The van der Waals surface area contributed by atoms with Gasteiger partial charge in [0, 0.05) is 17.7 Å². The Kier molecular flexibility index (Phi) is 5.22. The van der Waals surface area contributed by atoms with Crippen LogP contribution in [-0.4, -0.2) is 22.9 Å². The average molecular weight is 258 g/mol. The van der Waals surface area contributed by atoms with Gasteiger partial charge in [-0.15, -0.1) is 0 Å². The van der Waals surface area contributed by atoms with Gasteiger partial charge < -0.3 is 4.74 Å². The van der Waals surface area contributed by atoms with Crippen molar-refractivity contribution in [1.82, 2.24) is 4.98 Å². The molecule has 0 aromatic carbocycles. The van der Waals surface area contributed by atoms with E-state index in [1.807, 2.05) is 0 Å². The number of ether oxygens (including phenoxy) is 1. The molecule has 0 aliphatic carbocycles. The molecule has 0 bridgehead atoms. The Balaban J connectivity index is 2.29. The van der Waals surface area contributed by atoms with Gasteiger partial charge in [0.2, 0.25) is 0 Å². The van der Waals surface area contributed by atoms with Crippen LogP contribution in [0, 0.1) is 0 Å². The summed E-state index contributed by atoms with van der Waals surface area (Å²) in [4.78, 5) is 15.2. The number of carbonyl (C=O) groups is 1. The second kappa shape index (κ2) is 6.54. The molecule has 1 heterocycles. The highest BCUT2D eigenvalue weighted by Crippen LogP contribution is 2.01. The first kappa shape index (κ1) is 11.2. The van der Waals surface area contributed by atoms with Crippen molar-refractivity contribution in [3.63, 3.8) is 0 Å². The fraction of sp³-hybridized carbons (Fsp3) is 0.400. The van der Waals surface area contributed by atoms with E-state index in [-0.39, 0.29) is 5.97 Å². The van der Waals surface area contributed by atoms with Gasteiger partial charge in [0.05, 0.1) is 12.2 Å². The lowest BCUT2D eigenvalue weighted by atomic mass is 10.3. The zero-order valence-electron chi connectivity index (χ0n) is 7.78. The summed E-state index contributed by atoms with van der Waals surface area (Å²) in [5.74, 6) is -0.298. The molecule has 0 unspecified atom stereocenters. The second-order valence-corrected chi connectivity index (χ2v) is 3.57. The van der Waals surface area contributed by atoms with Crippen LogP contribution in [0.25, 0.3) is 0 Å². The third kappa shape index (κ3) is 3.87. The van der Waals surface area contributed by atoms with Crippen LogP contribution in [0.3, 0.4) is 0 Å². The summed E-state index contributed by atoms with van der Waals surface area (Å²) in [6, 6.07) is 3.41. The fourth-order valence-electron chi connectivity index (χ4n) is 0.928. The molecular weight excluding hydrogens is 246 g/mol. The first-order valence-electron chi connectivity index (χ1n) is 4.47. The summed E-state index contributed by atoms with van der Waals surface area (Å²) in [5, 5.41) is 0.942. The molecule has 0 fully saturated rings. The SMILES string of the molecule is O=C(OCCCCBr)c1cccnc1. The van der Waals surface area contributed by atoms with Crippen molar-refractivity contribution in [2.75, 3.05) is 11.9 Å². The van der Waals surface area contributed by atoms with Crippen LogP contribution in [0.1, 0.15) is 23.2 Å². The summed E-state index contributed by atoms with van der Waals surface area (Å²) in [6.07, 6.45) is 5.03. The number of rotatable bonds is 5. The molecule has 3 nitrogen and oxygen atoms in total. The van der Waals surface area contributed by atoms with E-state index in [1.165, 1.54) is 6.20 Å². The molecule has 14 heavy (non-hydrogen) atoms. The Bertz CT molecular complexity index is 277. The topological polar surface area (TPSA) is 39.2 Å². The minimum Gasteiger partial charge on any atom is -0.462 e. The van der Waals surface area contributed by atoms with Gasteiger partial charge in [0.15, 0.2) is 0 Å². The molecule has 0 N–H and O–H groups in total. The van der Waals surface area contributed by atoms with Crippen LogP contribution >= 0.6 is 15.9 Å². The third-order valence-corrected chi connectivity index (χ3v) is 2.22. The van der Waals surface area contributed by atoms with Crippen LogP contribution in [-0.2, 0) is 4.74 Å². The van der Waals surface area contributed by atoms with E-state index in [1.54, 1.807) is 18.3 Å². The fourth-order valence-corrected chi connectivity index (χ4v) is 1.32. The van der Waals surface area contributed by atoms with Crippen LogP contribution in [0.4, 0.5) is 0 Å². The number of hydrogen-bond acceptors (Lipinski definition) is 3. The zero-order valence-corrected chi connectivity index (χ0v) is 9.37. The van der Waals surface area contributed by atoms with Gasteiger partial charge in [-0.1, -0.05) is 15.9 Å². The van der Waals surface area contributed by atoms with Gasteiger partial charge in [-0.2, -0.15) is 0 Å². The van der Waals surface area contributed by atoms with E-state index in [0.717, 1.165) is 18.2 Å². The van der Waals surface area contributed by atoms with Crippen LogP contribution in [0.15, 0.2) is 24.5 Å². The molecule has 1 aromatic heterocycles. The van der Waals surface area contributed by atoms with Crippen molar-refractivity contribution in [3.8, 4) is 0 Å². The van der Waals surface area contributed by atoms with Crippen molar-refractivity contribution in [1.29, 1.82) is 0 Å². The molecule has 4 heteroatoms. The van der Waals surface area contributed by atoms with Crippen LogP contribution < -0.4 is 0 Å². The zero-order chi connectivity index (χ0) is 10.2. The normalized spacial score (nSPS) is 9.79. The molecule has 0 saturated carbocycles. The summed E-state index contributed by atoms with van der Waals surface area (Å²) < 4.78 is 5.03. The van der Waals surface area contributed by atoms with E-state index in [2.05, 4.69) is 20.9 Å². The maximum absolute atomic E-state index is 11.3. The van der Waals surface area contributed by atoms with Crippen molar-refractivity contribution < 1.29 is 9.53 Å². The van der Waals surface area contributed by atoms with Crippen LogP contribution in [0.2, 0.25) is 0 Å². The van der Waals surface area contributed by atoms with Gasteiger partial charge in [0.25, 0.3) is 0 Å². The molecule has 0 radical (unpaired) electrons. The highest BCUT2D eigenvalue weighted by molar-refractivity contribution is 9.09. The monoisotopic (exact) mass is 257 g/mol. The molecule has 0 saturated heterocycles. The lowest BCUT2D eigenvalue weighted by molar-refractivity contribution is 0.0499. The molecule has 76 valence electrons. The Hall–Kier alpha value is -0.900. The number of alkyl halides is 1. The van der Waals surface area contributed by atoms with Crippen molar-refractivity contribution in [3.05, 3.63) is 30.1 Å². The third-order valence-electron chi connectivity index (χ3n) is 1.66. The Morgan fingerprint density at radius 1 is 1.50 bits per heavy atom. The van der Waals surface area contributed by atoms with Gasteiger partial charge in [-0.25, -0.2) is 4.79 Å². The van der Waals surface area contributed by atoms with Crippen molar-refractivity contribution in [2.24, 2.45) is 0 Å². The molecular formula is C10H12BrNO2. The second-order valence-electron chi connectivity index (χ2n) is 2.77. The number of nitrogens with zero attached hydrogens (tertiary/aromatic N) is 1. The molecule has 0 amide bonds. The first-order chi connectivity index (χ1) is 6.84. The number of pyridine rings is 1. The van der Waals surface area contributed by atoms with E-state index in [9.17, 15) is 4.79 Å². The van der Waals surface area contributed by atoms with E-state index < -0.39 is 0 Å². The molecule has 0 spiro atoms. The van der Waals surface area contributed by atoms with Gasteiger partial charge in [-0.3, -0.25) is 4.98 Å². The van der Waals surface area contributed by atoms with E-state index in [0.29, 0.717) is 12.2 Å². The highest BCUT2D eigenvalue weighted by Gasteiger charge is 2.05. The number of esters is 1. The minimum atomic E-state index is -0.298. The predicted octanol–water partition coefficient (Wildman–Crippen LogP) is 2.41. The average Bonchev–Trinajstić information content (AvgIpc) is 2.25. The summed E-state index contributed by atoms with van der Waals surface area (Å²) in [7, 11) is 0. The Morgan fingerprint density at radius 2 is 2.36 bits per heavy atom. The van der Waals surface area contributed by atoms with Gasteiger partial charge in [-0.05, 0) is 25.0 Å². The number of carbonyl (C=O) groups excluding carboxylic acids is 1. The van der Waals surface area contributed by atoms with Crippen LogP contribution in [0.5, 0.6) is 0 Å². The standard InChI is InChI=1S/C10H12BrNO2/c11-5-1-2-7-14-10(13)9-4-3-6-12-8-9/h3-4,6,8H,1-2,5,7H2. The lowest BCUT2D eigenvalue weighted by Gasteiger charge is -2.02. The lowest BCUT2D eigenvalue weighted by Crippen LogP contribution is -2.06.